The quantitative estimate of drug-likeness (QED) is 0.790. The summed E-state index contributed by atoms with van der Waals surface area (Å²) in [6, 6.07) is 1.30. The Bertz CT molecular complexity index is 682. The average Bonchev–Trinajstić information content (AvgIpc) is 3.16. The predicted octanol–water partition coefficient (Wildman–Crippen LogP) is -0.0632. The highest BCUT2D eigenvalue weighted by molar-refractivity contribution is 5.76. The number of aryl methyl sites for hydroxylation is 1. The van der Waals surface area contributed by atoms with Crippen molar-refractivity contribution < 1.29 is 23.4 Å². The van der Waals surface area contributed by atoms with Gasteiger partial charge in [-0.05, 0) is 13.0 Å². The molecule has 2 bridgehead atoms. The van der Waals surface area contributed by atoms with E-state index in [1.54, 1.807) is 11.8 Å². The van der Waals surface area contributed by atoms with Gasteiger partial charge in [-0.2, -0.15) is 5.10 Å². The molecule has 1 amide bonds. The average molecular weight is 356 g/mol. The first-order valence-electron chi connectivity index (χ1n) is 8.53. The lowest BCUT2D eigenvalue weighted by Gasteiger charge is -2.33. The number of alkyl halides is 2. The molecule has 4 heterocycles. The van der Waals surface area contributed by atoms with E-state index in [1.807, 2.05) is 0 Å². The fourth-order valence-electron chi connectivity index (χ4n) is 4.52. The number of hydrogen-bond acceptors (Lipinski definition) is 5. The van der Waals surface area contributed by atoms with Gasteiger partial charge in [-0.15, -0.1) is 0 Å². The van der Waals surface area contributed by atoms with Crippen LogP contribution in [-0.4, -0.2) is 70.2 Å². The Hall–Kier alpha value is -1.58. The third-order valence-electron chi connectivity index (χ3n) is 5.77. The molecule has 0 unspecified atom stereocenters. The molecule has 4 atom stereocenters. The number of aromatic nitrogens is 2. The van der Waals surface area contributed by atoms with Gasteiger partial charge >= 0.3 is 0 Å². The van der Waals surface area contributed by atoms with Gasteiger partial charge in [0.1, 0.15) is 17.8 Å². The van der Waals surface area contributed by atoms with Gasteiger partial charge in [0.2, 0.25) is 5.91 Å². The highest BCUT2D eigenvalue weighted by Gasteiger charge is 2.61. The molecule has 3 aliphatic rings. The summed E-state index contributed by atoms with van der Waals surface area (Å²) in [5.41, 5.74) is -0.227. The number of halogens is 2. The van der Waals surface area contributed by atoms with Crippen molar-refractivity contribution in [1.29, 1.82) is 0 Å². The lowest BCUT2D eigenvalue weighted by atomic mass is 9.83. The Morgan fingerprint density at radius 3 is 3.08 bits per heavy atom. The SMILES string of the molecule is Cc1cc(C(F)F)nn1CC(=O)N1C[C@@H]2[C@H](CO)[C@H]3CNC[C@]2(C1)O3. The van der Waals surface area contributed by atoms with Crippen molar-refractivity contribution in [3.05, 3.63) is 17.5 Å². The van der Waals surface area contributed by atoms with Crippen LogP contribution in [0.1, 0.15) is 17.8 Å². The largest absolute Gasteiger partial charge is 0.396 e. The molecular weight excluding hydrogens is 334 g/mol. The van der Waals surface area contributed by atoms with Gasteiger partial charge in [0.05, 0.1) is 12.6 Å². The van der Waals surface area contributed by atoms with Crippen LogP contribution in [0.4, 0.5) is 8.78 Å². The maximum absolute atomic E-state index is 12.8. The summed E-state index contributed by atoms with van der Waals surface area (Å²) in [7, 11) is 0. The number of fused-ring (bicyclic) bond motifs is 1. The van der Waals surface area contributed by atoms with Gasteiger partial charge in [0.15, 0.2) is 0 Å². The molecule has 0 aromatic carbocycles. The fraction of sp³-hybridized carbons (Fsp3) is 0.750. The normalized spacial score (nSPS) is 34.0. The third kappa shape index (κ3) is 2.65. The number of morpholine rings is 1. The van der Waals surface area contributed by atoms with Crippen LogP contribution < -0.4 is 5.32 Å². The lowest BCUT2D eigenvalue weighted by Crippen LogP contribution is -2.52. The van der Waals surface area contributed by atoms with Gasteiger partial charge in [0.25, 0.3) is 6.43 Å². The second-order valence-electron chi connectivity index (χ2n) is 7.25. The molecule has 0 aliphatic carbocycles. The third-order valence-corrected chi connectivity index (χ3v) is 5.77. The Balaban J connectivity index is 1.48. The summed E-state index contributed by atoms with van der Waals surface area (Å²) < 4.78 is 33.0. The van der Waals surface area contributed by atoms with E-state index in [0.717, 1.165) is 6.54 Å². The van der Waals surface area contributed by atoms with E-state index in [0.29, 0.717) is 25.3 Å². The number of aliphatic hydroxyl groups excluding tert-OH is 1. The van der Waals surface area contributed by atoms with Crippen molar-refractivity contribution in [3.8, 4) is 0 Å². The van der Waals surface area contributed by atoms with Crippen LogP contribution in [0.2, 0.25) is 0 Å². The van der Waals surface area contributed by atoms with E-state index >= 15 is 0 Å². The number of nitrogens with one attached hydrogen (secondary N) is 1. The Kier molecular flexibility index (Phi) is 4.04. The number of ether oxygens (including phenoxy) is 1. The van der Waals surface area contributed by atoms with Crippen molar-refractivity contribution in [2.45, 2.75) is 31.6 Å². The Morgan fingerprint density at radius 1 is 1.60 bits per heavy atom. The van der Waals surface area contributed by atoms with Gasteiger partial charge in [-0.25, -0.2) is 8.78 Å². The van der Waals surface area contributed by atoms with E-state index in [1.165, 1.54) is 10.7 Å². The van der Waals surface area contributed by atoms with Crippen molar-refractivity contribution in [2.75, 3.05) is 32.8 Å². The molecule has 0 saturated carbocycles. The van der Waals surface area contributed by atoms with E-state index < -0.39 is 12.0 Å². The minimum Gasteiger partial charge on any atom is -0.396 e. The number of amides is 1. The van der Waals surface area contributed by atoms with Crippen LogP contribution in [0.15, 0.2) is 6.07 Å². The van der Waals surface area contributed by atoms with Crippen LogP contribution in [0, 0.1) is 18.8 Å². The molecule has 4 rings (SSSR count). The van der Waals surface area contributed by atoms with Crippen LogP contribution in [0.5, 0.6) is 0 Å². The fourth-order valence-corrected chi connectivity index (χ4v) is 4.52. The lowest BCUT2D eigenvalue weighted by molar-refractivity contribution is -0.134. The molecule has 3 saturated heterocycles. The zero-order chi connectivity index (χ0) is 17.8. The van der Waals surface area contributed by atoms with Crippen LogP contribution in [-0.2, 0) is 16.1 Å². The molecule has 2 N–H and O–H groups in total. The molecule has 1 aromatic rings. The Morgan fingerprint density at radius 2 is 2.40 bits per heavy atom. The van der Waals surface area contributed by atoms with Crippen LogP contribution >= 0.6 is 0 Å². The minimum atomic E-state index is -2.65. The number of aliphatic hydroxyl groups is 1. The molecule has 7 nitrogen and oxygen atoms in total. The van der Waals surface area contributed by atoms with E-state index in [2.05, 4.69) is 10.4 Å². The monoisotopic (exact) mass is 356 g/mol. The smallest absolute Gasteiger partial charge is 0.282 e. The first-order chi connectivity index (χ1) is 11.9. The maximum atomic E-state index is 12.8. The molecule has 3 aliphatic heterocycles. The molecular formula is C16H22F2N4O3. The van der Waals surface area contributed by atoms with Crippen molar-refractivity contribution in [2.24, 2.45) is 11.8 Å². The molecule has 1 spiro atoms. The zero-order valence-corrected chi connectivity index (χ0v) is 14.0. The standard InChI is InChI=1S/C16H22F2N4O3/c1-9-2-12(15(17)18)20-22(9)5-14(24)21-4-11-10(6-23)13-3-19-7-16(11,8-21)25-13/h2,10-11,13,15,19,23H,3-8H2,1H3/t10-,11+,13+,16+/m0/s1. The number of carbonyl (C=O) groups excluding carboxylic acids is 1. The summed E-state index contributed by atoms with van der Waals surface area (Å²) in [6.07, 6.45) is -2.66. The van der Waals surface area contributed by atoms with Gasteiger partial charge in [-0.1, -0.05) is 0 Å². The van der Waals surface area contributed by atoms with Crippen molar-refractivity contribution >= 4 is 5.91 Å². The highest BCUT2D eigenvalue weighted by atomic mass is 19.3. The predicted molar refractivity (Wildman–Crippen MR) is 83.0 cm³/mol. The van der Waals surface area contributed by atoms with E-state index in [9.17, 15) is 18.7 Å². The topological polar surface area (TPSA) is 79.6 Å². The molecule has 138 valence electrons. The highest BCUT2D eigenvalue weighted by Crippen LogP contribution is 2.47. The van der Waals surface area contributed by atoms with Crippen LogP contribution in [0.3, 0.4) is 0 Å². The minimum absolute atomic E-state index is 0.0111. The Labute approximate surface area is 143 Å². The van der Waals surface area contributed by atoms with Crippen molar-refractivity contribution in [3.63, 3.8) is 0 Å². The molecule has 1 aromatic heterocycles. The van der Waals surface area contributed by atoms with E-state index in [4.69, 9.17) is 4.74 Å². The summed E-state index contributed by atoms with van der Waals surface area (Å²) in [5.74, 6) is -0.0559. The molecule has 25 heavy (non-hydrogen) atoms. The second-order valence-corrected chi connectivity index (χ2v) is 7.25. The maximum Gasteiger partial charge on any atom is 0.282 e. The molecule has 3 fully saturated rings. The second kappa shape index (κ2) is 6.00. The van der Waals surface area contributed by atoms with E-state index in [-0.39, 0.29) is 42.7 Å². The number of rotatable bonds is 4. The first-order valence-corrected chi connectivity index (χ1v) is 8.53. The first kappa shape index (κ1) is 16.9. The molecule has 0 radical (unpaired) electrons. The number of likely N-dealkylation sites (tertiary alicyclic amines) is 1. The zero-order valence-electron chi connectivity index (χ0n) is 14.0. The number of carbonyl (C=O) groups is 1. The summed E-state index contributed by atoms with van der Waals surface area (Å²) in [5, 5.41) is 16.9. The summed E-state index contributed by atoms with van der Waals surface area (Å²) in [4.78, 5) is 14.4. The summed E-state index contributed by atoms with van der Waals surface area (Å²) in [6.45, 7) is 3.98. The summed E-state index contributed by atoms with van der Waals surface area (Å²) >= 11 is 0. The molecule has 9 heteroatoms. The van der Waals surface area contributed by atoms with Gasteiger partial charge in [-0.3, -0.25) is 9.48 Å². The van der Waals surface area contributed by atoms with Crippen LogP contribution in [0.25, 0.3) is 0 Å². The number of hydrogen-bond donors (Lipinski definition) is 2. The van der Waals surface area contributed by atoms with Crippen molar-refractivity contribution in [1.82, 2.24) is 20.0 Å². The van der Waals surface area contributed by atoms with Gasteiger partial charge < -0.3 is 20.1 Å². The number of nitrogens with zero attached hydrogens (tertiary/aromatic N) is 3. The van der Waals surface area contributed by atoms with Gasteiger partial charge in [0, 0.05) is 43.8 Å².